The Balaban J connectivity index is 1.68. The average Bonchev–Trinajstić information content (AvgIpc) is 2.89. The lowest BCUT2D eigenvalue weighted by Gasteiger charge is -2.41. The van der Waals surface area contributed by atoms with Gasteiger partial charge in [-0.05, 0) is 44.2 Å². The Morgan fingerprint density at radius 3 is 2.56 bits per heavy atom. The summed E-state index contributed by atoms with van der Waals surface area (Å²) in [5.74, 6) is -1.71. The molecule has 2 fully saturated rings. The number of benzene rings is 1. The molecule has 2 aliphatic rings. The number of ether oxygens (including phenoxy) is 2. The van der Waals surface area contributed by atoms with Crippen LogP contribution in [0.5, 0.6) is 5.75 Å². The summed E-state index contributed by atoms with van der Waals surface area (Å²) in [5, 5.41) is 11.3. The van der Waals surface area contributed by atoms with Crippen molar-refractivity contribution in [3.05, 3.63) is 29.8 Å². The molecule has 1 aromatic rings. The van der Waals surface area contributed by atoms with Crippen LogP contribution in [-0.4, -0.2) is 66.7 Å². The Bertz CT molecular complexity index is 719. The van der Waals surface area contributed by atoms with E-state index in [0.29, 0.717) is 23.8 Å². The highest BCUT2D eigenvalue weighted by molar-refractivity contribution is 5.90. The number of carboxylic acid groups (broad SMARTS) is 1. The van der Waals surface area contributed by atoms with E-state index in [2.05, 4.69) is 10.2 Å². The van der Waals surface area contributed by atoms with Crippen LogP contribution in [0.15, 0.2) is 24.3 Å². The topological polar surface area (TPSA) is 105 Å². The minimum Gasteiger partial charge on any atom is -0.482 e. The number of nitrogens with one attached hydrogen (secondary N) is 1. The lowest BCUT2D eigenvalue weighted by atomic mass is 9.86. The number of nitrogens with zero attached hydrogens (tertiary/aromatic N) is 1. The molecule has 2 aliphatic heterocycles. The summed E-state index contributed by atoms with van der Waals surface area (Å²) in [6.07, 6.45) is 2.09. The largest absolute Gasteiger partial charge is 0.482 e. The molecule has 4 atom stereocenters. The van der Waals surface area contributed by atoms with Crippen molar-refractivity contribution in [2.45, 2.75) is 37.5 Å². The molecule has 0 aliphatic carbocycles. The molecule has 3 unspecified atom stereocenters. The summed E-state index contributed by atoms with van der Waals surface area (Å²) >= 11 is 0. The third-order valence-electron chi connectivity index (χ3n) is 5.47. The second kappa shape index (κ2) is 7.96. The molecular formula is C19H24N2O6. The molecule has 3 rings (SSSR count). The standard InChI is InChI=1S/C19H24N2O6/c1-20-18(24)17-14-8-5-12(21(14)2)9-15(17)27-19(25)11-3-6-13(7-4-11)26-10-16(22)23/h3-4,6-7,12,14-15,17H,5,8-10H2,1-2H3,(H,20,24)(H,22,23)/t12?,14?,15?,17-/m1/s1. The zero-order valence-electron chi connectivity index (χ0n) is 15.4. The normalized spacial score (nSPS) is 27.0. The van der Waals surface area contributed by atoms with E-state index in [9.17, 15) is 14.4 Å². The van der Waals surface area contributed by atoms with E-state index >= 15 is 0 Å². The number of hydrogen-bond acceptors (Lipinski definition) is 6. The van der Waals surface area contributed by atoms with Crippen molar-refractivity contribution in [1.29, 1.82) is 0 Å². The lowest BCUT2D eigenvalue weighted by molar-refractivity contribution is -0.139. The molecule has 2 saturated heterocycles. The van der Waals surface area contributed by atoms with Crippen LogP contribution in [0.25, 0.3) is 0 Å². The summed E-state index contributed by atoms with van der Waals surface area (Å²) < 4.78 is 10.8. The second-order valence-corrected chi connectivity index (χ2v) is 6.99. The fourth-order valence-electron chi connectivity index (χ4n) is 4.09. The van der Waals surface area contributed by atoms with Crippen molar-refractivity contribution < 1.29 is 29.0 Å². The lowest BCUT2D eigenvalue weighted by Crippen LogP contribution is -2.55. The zero-order chi connectivity index (χ0) is 19.6. The third-order valence-corrected chi connectivity index (χ3v) is 5.47. The predicted molar refractivity (Wildman–Crippen MR) is 95.5 cm³/mol. The molecule has 2 bridgehead atoms. The van der Waals surface area contributed by atoms with Gasteiger partial charge in [0.05, 0.1) is 11.5 Å². The molecule has 2 N–H and O–H groups in total. The number of esters is 1. The maximum Gasteiger partial charge on any atom is 0.341 e. The monoisotopic (exact) mass is 376 g/mol. The minimum absolute atomic E-state index is 0.0771. The van der Waals surface area contributed by atoms with Gasteiger partial charge in [0.25, 0.3) is 0 Å². The van der Waals surface area contributed by atoms with Gasteiger partial charge in [-0.1, -0.05) is 0 Å². The van der Waals surface area contributed by atoms with Crippen LogP contribution in [0, 0.1) is 5.92 Å². The van der Waals surface area contributed by atoms with Crippen LogP contribution >= 0.6 is 0 Å². The van der Waals surface area contributed by atoms with Gasteiger partial charge in [-0.2, -0.15) is 0 Å². The quantitative estimate of drug-likeness (QED) is 0.711. The molecule has 8 nitrogen and oxygen atoms in total. The number of carbonyl (C=O) groups excluding carboxylic acids is 2. The fourth-order valence-corrected chi connectivity index (χ4v) is 4.09. The second-order valence-electron chi connectivity index (χ2n) is 6.99. The van der Waals surface area contributed by atoms with Crippen LogP contribution < -0.4 is 10.1 Å². The highest BCUT2D eigenvalue weighted by Crippen LogP contribution is 2.39. The number of hydrogen-bond donors (Lipinski definition) is 2. The van der Waals surface area contributed by atoms with Crippen molar-refractivity contribution in [2.24, 2.45) is 5.92 Å². The molecule has 1 amide bonds. The van der Waals surface area contributed by atoms with Crippen molar-refractivity contribution >= 4 is 17.8 Å². The number of carbonyl (C=O) groups is 3. The first kappa shape index (κ1) is 19.2. The third kappa shape index (κ3) is 4.05. The van der Waals surface area contributed by atoms with Gasteiger partial charge < -0.3 is 19.9 Å². The maximum absolute atomic E-state index is 12.6. The van der Waals surface area contributed by atoms with Crippen LogP contribution in [-0.2, 0) is 14.3 Å². The molecule has 0 radical (unpaired) electrons. The van der Waals surface area contributed by atoms with Crippen LogP contribution in [0.3, 0.4) is 0 Å². The van der Waals surface area contributed by atoms with Crippen molar-refractivity contribution in [2.75, 3.05) is 20.7 Å². The molecule has 0 saturated carbocycles. The van der Waals surface area contributed by atoms with Crippen LogP contribution in [0.1, 0.15) is 29.6 Å². The molecule has 1 aromatic carbocycles. The number of fused-ring (bicyclic) bond motifs is 2. The minimum atomic E-state index is -1.07. The number of aliphatic carboxylic acids is 1. The summed E-state index contributed by atoms with van der Waals surface area (Å²) in [7, 11) is 3.62. The highest BCUT2D eigenvalue weighted by atomic mass is 16.5. The summed E-state index contributed by atoms with van der Waals surface area (Å²) in [6, 6.07) is 6.49. The Hall–Kier alpha value is -2.61. The first-order valence-electron chi connectivity index (χ1n) is 9.00. The zero-order valence-corrected chi connectivity index (χ0v) is 15.4. The van der Waals surface area contributed by atoms with E-state index < -0.39 is 24.6 Å². The van der Waals surface area contributed by atoms with Gasteiger partial charge in [0.2, 0.25) is 5.91 Å². The van der Waals surface area contributed by atoms with E-state index in [4.69, 9.17) is 14.6 Å². The molecule has 8 heteroatoms. The average molecular weight is 376 g/mol. The fraction of sp³-hybridized carbons (Fsp3) is 0.526. The predicted octanol–water partition coefficient (Wildman–Crippen LogP) is 0.904. The van der Waals surface area contributed by atoms with Crippen LogP contribution in [0.2, 0.25) is 0 Å². The van der Waals surface area contributed by atoms with Crippen molar-refractivity contribution in [1.82, 2.24) is 10.2 Å². The van der Waals surface area contributed by atoms with E-state index in [-0.39, 0.29) is 17.9 Å². The first-order chi connectivity index (χ1) is 12.9. The Labute approximate surface area is 157 Å². The van der Waals surface area contributed by atoms with Gasteiger partial charge in [-0.15, -0.1) is 0 Å². The molecular weight excluding hydrogens is 352 g/mol. The number of rotatable bonds is 6. The highest BCUT2D eigenvalue weighted by Gasteiger charge is 2.50. The Morgan fingerprint density at radius 1 is 1.22 bits per heavy atom. The van der Waals surface area contributed by atoms with Crippen molar-refractivity contribution in [3.8, 4) is 5.75 Å². The number of amides is 1. The number of piperidine rings is 1. The van der Waals surface area contributed by atoms with Gasteiger partial charge in [0.1, 0.15) is 11.9 Å². The smallest absolute Gasteiger partial charge is 0.341 e. The summed E-state index contributed by atoms with van der Waals surface area (Å²) in [4.78, 5) is 37.7. The van der Waals surface area contributed by atoms with Crippen LogP contribution in [0.4, 0.5) is 0 Å². The van der Waals surface area contributed by atoms with Gasteiger partial charge >= 0.3 is 11.9 Å². The van der Waals surface area contributed by atoms with E-state index in [1.807, 2.05) is 7.05 Å². The molecule has 0 aromatic heterocycles. The number of carboxylic acids is 1. The van der Waals surface area contributed by atoms with Gasteiger partial charge in [0.15, 0.2) is 6.61 Å². The Morgan fingerprint density at radius 2 is 1.93 bits per heavy atom. The molecule has 2 heterocycles. The van der Waals surface area contributed by atoms with E-state index in [0.717, 1.165) is 12.8 Å². The van der Waals surface area contributed by atoms with Gasteiger partial charge in [-0.3, -0.25) is 9.69 Å². The van der Waals surface area contributed by atoms with E-state index in [1.165, 1.54) is 24.3 Å². The summed E-state index contributed by atoms with van der Waals surface area (Å²) in [5.41, 5.74) is 0.333. The molecule has 27 heavy (non-hydrogen) atoms. The molecule has 0 spiro atoms. The first-order valence-corrected chi connectivity index (χ1v) is 9.00. The SMILES string of the molecule is CNC(=O)[C@H]1C(OC(=O)c2ccc(OCC(=O)O)cc2)CC2CCC1N2C. The van der Waals surface area contributed by atoms with Gasteiger partial charge in [-0.25, -0.2) is 9.59 Å². The Kier molecular flexibility index (Phi) is 5.65. The van der Waals surface area contributed by atoms with E-state index in [1.54, 1.807) is 7.05 Å². The maximum atomic E-state index is 12.6. The van der Waals surface area contributed by atoms with Gasteiger partial charge in [0, 0.05) is 25.6 Å². The molecule has 146 valence electrons. The summed E-state index contributed by atoms with van der Waals surface area (Å²) in [6.45, 7) is -0.448. The van der Waals surface area contributed by atoms with Crippen molar-refractivity contribution in [3.63, 3.8) is 0 Å².